The van der Waals surface area contributed by atoms with Crippen LogP contribution in [-0.2, 0) is 19.0 Å². The number of nitrogens with one attached hydrogen (secondary N) is 1. The maximum Gasteiger partial charge on any atom is 0.419 e. The summed E-state index contributed by atoms with van der Waals surface area (Å²) in [5.41, 5.74) is 0.740. The molecule has 2 saturated carbocycles. The summed E-state index contributed by atoms with van der Waals surface area (Å²) in [4.78, 5) is 52.7. The summed E-state index contributed by atoms with van der Waals surface area (Å²) in [6.45, 7) is 25.4. The van der Waals surface area contributed by atoms with E-state index in [-0.39, 0.29) is 18.1 Å². The fourth-order valence-electron chi connectivity index (χ4n) is 8.34. The first-order chi connectivity index (χ1) is 25.1. The van der Waals surface area contributed by atoms with Gasteiger partial charge >= 0.3 is 18.3 Å². The van der Waals surface area contributed by atoms with Crippen molar-refractivity contribution in [2.75, 3.05) is 31.5 Å². The number of hydrogen-bond acceptors (Lipinski definition) is 7. The van der Waals surface area contributed by atoms with Crippen molar-refractivity contribution in [3.05, 3.63) is 48.7 Å². The molecule has 1 aromatic heterocycles. The summed E-state index contributed by atoms with van der Waals surface area (Å²) in [6.07, 6.45) is 11.7. The number of ether oxygens (including phenoxy) is 3. The number of aromatic nitrogens is 1. The smallest absolute Gasteiger partial charge is 0.419 e. The van der Waals surface area contributed by atoms with Crippen LogP contribution in [-0.4, -0.2) is 81.5 Å². The molecule has 6 atom stereocenters. The van der Waals surface area contributed by atoms with Gasteiger partial charge in [0.1, 0.15) is 16.8 Å². The van der Waals surface area contributed by atoms with Crippen LogP contribution in [0.15, 0.2) is 43.1 Å². The number of carbonyl (C=O) groups excluding carboxylic acids is 4. The van der Waals surface area contributed by atoms with E-state index in [9.17, 15) is 19.2 Å². The van der Waals surface area contributed by atoms with Crippen LogP contribution >= 0.6 is 0 Å². The highest BCUT2D eigenvalue weighted by molar-refractivity contribution is 6.04. The molecule has 2 aromatic rings. The Bertz CT molecular complexity index is 1730. The molecule has 54 heavy (non-hydrogen) atoms. The predicted octanol–water partition coefficient (Wildman–Crippen LogP) is 9.35. The number of benzene rings is 1. The lowest BCUT2D eigenvalue weighted by molar-refractivity contribution is -0.114. The molecule has 1 aromatic carbocycles. The summed E-state index contributed by atoms with van der Waals surface area (Å²) in [6, 6.07) is 5.83. The quantitative estimate of drug-likeness (QED) is 0.245. The van der Waals surface area contributed by atoms with Crippen LogP contribution in [0.3, 0.4) is 0 Å². The van der Waals surface area contributed by atoms with Crippen molar-refractivity contribution in [3.8, 4) is 0 Å². The second-order valence-electron chi connectivity index (χ2n) is 18.7. The van der Waals surface area contributed by atoms with Crippen LogP contribution in [0.25, 0.3) is 17.0 Å². The number of anilines is 1. The first-order valence-corrected chi connectivity index (χ1v) is 19.5. The number of fused-ring (bicyclic) bond motifs is 3. The van der Waals surface area contributed by atoms with Gasteiger partial charge in [0.15, 0.2) is 0 Å². The van der Waals surface area contributed by atoms with Gasteiger partial charge in [0.05, 0.1) is 11.2 Å². The minimum absolute atomic E-state index is 0.151. The van der Waals surface area contributed by atoms with Gasteiger partial charge in [0.2, 0.25) is 5.91 Å². The van der Waals surface area contributed by atoms with Crippen molar-refractivity contribution >= 4 is 46.9 Å². The van der Waals surface area contributed by atoms with Crippen LogP contribution in [0.2, 0.25) is 0 Å². The van der Waals surface area contributed by atoms with Gasteiger partial charge in [-0.3, -0.25) is 9.36 Å². The molecule has 4 fully saturated rings. The molecular weight excluding hydrogens is 684 g/mol. The second-order valence-corrected chi connectivity index (χ2v) is 18.7. The third-order valence-corrected chi connectivity index (χ3v) is 10.5. The van der Waals surface area contributed by atoms with Gasteiger partial charge in [0, 0.05) is 44.7 Å². The molecule has 0 spiro atoms. The van der Waals surface area contributed by atoms with Gasteiger partial charge in [-0.05, 0) is 141 Å². The van der Waals surface area contributed by atoms with Crippen LogP contribution in [0.4, 0.5) is 20.1 Å². The first kappa shape index (κ1) is 40.9. The Morgan fingerprint density at radius 1 is 0.704 bits per heavy atom. The zero-order chi connectivity index (χ0) is 39.7. The highest BCUT2D eigenvalue weighted by Crippen LogP contribution is 2.43. The summed E-state index contributed by atoms with van der Waals surface area (Å²) in [7, 11) is 0. The van der Waals surface area contributed by atoms with E-state index in [4.69, 9.17) is 14.2 Å². The molecule has 2 saturated heterocycles. The van der Waals surface area contributed by atoms with Gasteiger partial charge in [-0.1, -0.05) is 24.3 Å². The Labute approximate surface area is 321 Å². The average molecular weight is 747 g/mol. The first-order valence-electron chi connectivity index (χ1n) is 19.5. The number of likely N-dealkylation sites (tertiary alicyclic amines) is 2. The highest BCUT2D eigenvalue weighted by Gasteiger charge is 2.43. The second kappa shape index (κ2) is 15.8. The van der Waals surface area contributed by atoms with E-state index in [1.807, 2.05) is 90.3 Å². The molecule has 3 amide bonds. The number of nitrogens with zero attached hydrogens (tertiary/aromatic N) is 3. The Kier molecular flexibility index (Phi) is 12.0. The lowest BCUT2D eigenvalue weighted by atomic mass is 10.0. The van der Waals surface area contributed by atoms with E-state index in [2.05, 4.69) is 30.1 Å². The van der Waals surface area contributed by atoms with E-state index in [0.29, 0.717) is 46.7 Å². The molecule has 11 heteroatoms. The van der Waals surface area contributed by atoms with Crippen LogP contribution in [0.5, 0.6) is 0 Å². The molecule has 6 rings (SSSR count). The average Bonchev–Trinajstić information content (AvgIpc) is 3.83. The summed E-state index contributed by atoms with van der Waals surface area (Å²) < 4.78 is 17.9. The molecule has 2 aliphatic carbocycles. The molecule has 3 heterocycles. The molecule has 0 radical (unpaired) electrons. The number of allylic oxidation sites excluding steroid dienone is 2. The number of amides is 3. The standard InChI is InChI=1S/C29H39N3O5.C14H23NO2/c1-18(33)30-24-17-32(27(35)37-29(5,6)7)25-11-10-19(14-23(24)25)8-9-20-12-21-15-31(16-22(21)13-20)26(34)36-28(2,3)4;1-5-10-6-11-8-15(9-12(11)7-10)13(16)17-14(2,3)4/h8-11,14,17,20-22H,12-13,15-16H2,1-7H3,(H,30,33);5,10-12H,1,6-9H2,2-4H3/b9-8+;/t20?,21-,22+;10?,11-,12+. The van der Waals surface area contributed by atoms with Crippen molar-refractivity contribution < 1.29 is 33.4 Å². The van der Waals surface area contributed by atoms with Gasteiger partial charge in [0.25, 0.3) is 0 Å². The van der Waals surface area contributed by atoms with E-state index in [1.165, 1.54) is 24.3 Å². The van der Waals surface area contributed by atoms with Crippen molar-refractivity contribution in [3.63, 3.8) is 0 Å². The molecule has 4 aliphatic rings. The Morgan fingerprint density at radius 2 is 1.15 bits per heavy atom. The van der Waals surface area contributed by atoms with Gasteiger partial charge in [-0.25, -0.2) is 14.4 Å². The van der Waals surface area contributed by atoms with Crippen LogP contribution in [0.1, 0.15) is 100 Å². The van der Waals surface area contributed by atoms with Crippen molar-refractivity contribution in [2.24, 2.45) is 35.5 Å². The maximum absolute atomic E-state index is 12.8. The van der Waals surface area contributed by atoms with Crippen molar-refractivity contribution in [2.45, 2.75) is 112 Å². The van der Waals surface area contributed by atoms with Crippen molar-refractivity contribution in [1.29, 1.82) is 0 Å². The van der Waals surface area contributed by atoms with Crippen LogP contribution in [0, 0.1) is 35.5 Å². The lowest BCUT2D eigenvalue weighted by Gasteiger charge is -2.25. The maximum atomic E-state index is 12.8. The Balaban J connectivity index is 0.000000274. The summed E-state index contributed by atoms with van der Waals surface area (Å²) >= 11 is 0. The molecule has 1 N–H and O–H groups in total. The molecular formula is C43H62N4O7. The molecule has 2 unspecified atom stereocenters. The normalized spacial score (nSPS) is 25.2. The Hall–Kier alpha value is -4.28. The topological polar surface area (TPSA) is 119 Å². The van der Waals surface area contributed by atoms with Gasteiger partial charge in [-0.2, -0.15) is 0 Å². The third kappa shape index (κ3) is 10.7. The van der Waals surface area contributed by atoms with Crippen LogP contribution < -0.4 is 5.32 Å². The van der Waals surface area contributed by atoms with Gasteiger partial charge in [-0.15, -0.1) is 6.58 Å². The number of carbonyl (C=O) groups is 4. The zero-order valence-electron chi connectivity index (χ0n) is 34.1. The number of rotatable bonds is 4. The third-order valence-electron chi connectivity index (χ3n) is 10.5. The minimum atomic E-state index is -0.631. The fraction of sp³-hybridized carbons (Fsp3) is 0.628. The largest absolute Gasteiger partial charge is 0.444 e. The lowest BCUT2D eigenvalue weighted by Crippen LogP contribution is -2.36. The predicted molar refractivity (Wildman–Crippen MR) is 212 cm³/mol. The Morgan fingerprint density at radius 3 is 1.57 bits per heavy atom. The molecule has 0 bridgehead atoms. The SMILES string of the molecule is C=CC1C[C@@H]2CN(C(=O)OC(C)(C)C)C[C@@H]2C1.CC(=O)Nc1cn(C(=O)OC(C)(C)C)c2ccc(/C=C/C3C[C@@H]4CN(C(=O)OC(C)(C)C)C[C@@H]4C3)cc12. The monoisotopic (exact) mass is 746 g/mol. The molecule has 296 valence electrons. The van der Waals surface area contributed by atoms with E-state index in [0.717, 1.165) is 50.0 Å². The van der Waals surface area contributed by atoms with Crippen molar-refractivity contribution in [1.82, 2.24) is 14.4 Å². The fourth-order valence-corrected chi connectivity index (χ4v) is 8.34. The van der Waals surface area contributed by atoms with E-state index in [1.54, 1.807) is 6.20 Å². The summed E-state index contributed by atoms with van der Waals surface area (Å²) in [5, 5.41) is 3.61. The number of hydrogen-bond donors (Lipinski definition) is 1. The van der Waals surface area contributed by atoms with E-state index < -0.39 is 22.9 Å². The van der Waals surface area contributed by atoms with Gasteiger partial charge < -0.3 is 29.3 Å². The highest BCUT2D eigenvalue weighted by atomic mass is 16.6. The van der Waals surface area contributed by atoms with E-state index >= 15 is 0 Å². The minimum Gasteiger partial charge on any atom is -0.444 e. The molecule has 2 aliphatic heterocycles. The summed E-state index contributed by atoms with van der Waals surface area (Å²) in [5.74, 6) is 3.22. The molecule has 11 nitrogen and oxygen atoms in total. The zero-order valence-corrected chi connectivity index (χ0v) is 34.1.